The maximum absolute atomic E-state index is 6.38. The van der Waals surface area contributed by atoms with Gasteiger partial charge < -0.3 is 4.74 Å². The lowest BCUT2D eigenvalue weighted by molar-refractivity contribution is -0.0190. The van der Waals surface area contributed by atoms with Gasteiger partial charge in [0.1, 0.15) is 5.75 Å². The Balaban J connectivity index is 1.64. The lowest BCUT2D eigenvalue weighted by Crippen LogP contribution is -2.33. The highest BCUT2D eigenvalue weighted by Gasteiger charge is 2.41. The van der Waals surface area contributed by atoms with Gasteiger partial charge in [-0.25, -0.2) is 5.01 Å². The van der Waals surface area contributed by atoms with Crippen LogP contribution < -0.4 is 4.74 Å². The Morgan fingerprint density at radius 3 is 2.62 bits per heavy atom. The summed E-state index contributed by atoms with van der Waals surface area (Å²) in [6.07, 6.45) is 0.466. The molecule has 0 radical (unpaired) electrons. The first-order chi connectivity index (χ1) is 14.0. The van der Waals surface area contributed by atoms with Crippen molar-refractivity contribution in [2.24, 2.45) is 5.10 Å². The molecule has 0 amide bonds. The number of nitrogens with zero attached hydrogens (tertiary/aromatic N) is 2. The van der Waals surface area contributed by atoms with E-state index in [-0.39, 0.29) is 12.3 Å². The molecule has 0 saturated carbocycles. The average Bonchev–Trinajstić information content (AvgIpc) is 3.15. The van der Waals surface area contributed by atoms with Crippen LogP contribution in [0.3, 0.4) is 0 Å². The van der Waals surface area contributed by atoms with Crippen LogP contribution in [0.5, 0.6) is 5.75 Å². The van der Waals surface area contributed by atoms with Gasteiger partial charge >= 0.3 is 0 Å². The van der Waals surface area contributed by atoms with Crippen molar-refractivity contribution in [2.45, 2.75) is 32.5 Å². The summed E-state index contributed by atoms with van der Waals surface area (Å²) in [5, 5.41) is 8.48. The summed E-state index contributed by atoms with van der Waals surface area (Å²) in [5.74, 6) is 0.845. The molecule has 2 aliphatic heterocycles. The fourth-order valence-electron chi connectivity index (χ4n) is 4.15. The van der Waals surface area contributed by atoms with E-state index in [1.54, 1.807) is 0 Å². The highest BCUT2D eigenvalue weighted by molar-refractivity contribution is 6.31. The molecule has 29 heavy (non-hydrogen) atoms. The first-order valence-electron chi connectivity index (χ1n) is 9.64. The topological polar surface area (TPSA) is 24.8 Å². The van der Waals surface area contributed by atoms with Gasteiger partial charge in [-0.1, -0.05) is 53.0 Å². The zero-order valence-corrected chi connectivity index (χ0v) is 17.7. The number of hydrazone groups is 1. The maximum atomic E-state index is 6.38. The van der Waals surface area contributed by atoms with Gasteiger partial charge in [0.05, 0.1) is 11.8 Å². The fourth-order valence-corrected chi connectivity index (χ4v) is 4.53. The molecule has 5 heteroatoms. The molecule has 3 aromatic carbocycles. The Kier molecular flexibility index (Phi) is 4.53. The Hall–Kier alpha value is -2.49. The van der Waals surface area contributed by atoms with Crippen LogP contribution in [0.1, 0.15) is 46.5 Å². The van der Waals surface area contributed by atoms with Crippen molar-refractivity contribution in [3.8, 4) is 5.75 Å². The van der Waals surface area contributed by atoms with Gasteiger partial charge in [-0.3, -0.25) is 0 Å². The standard InChI is InChI=1S/C24H20Cl2N2O/c1-14-6-7-15(2)19(10-14)21-13-22-20-12-18(26)8-9-23(20)29-24(28(22)27-21)16-4-3-5-17(25)11-16/h3-12,22,24H,13H2,1-2H3/t22-,24-/m1/s1. The van der Waals surface area contributed by atoms with Gasteiger partial charge in [0, 0.05) is 33.2 Å². The lowest BCUT2D eigenvalue weighted by Gasteiger charge is -2.38. The zero-order chi connectivity index (χ0) is 20.1. The summed E-state index contributed by atoms with van der Waals surface area (Å²) in [6, 6.07) is 20.1. The van der Waals surface area contributed by atoms with E-state index in [1.165, 1.54) is 16.7 Å². The molecule has 0 aromatic heterocycles. The normalized spacial score (nSPS) is 20.0. The molecular weight excluding hydrogens is 403 g/mol. The summed E-state index contributed by atoms with van der Waals surface area (Å²) in [4.78, 5) is 0. The summed E-state index contributed by atoms with van der Waals surface area (Å²) in [7, 11) is 0. The minimum Gasteiger partial charge on any atom is -0.464 e. The number of hydrogen-bond donors (Lipinski definition) is 0. The van der Waals surface area contributed by atoms with E-state index in [0.717, 1.165) is 29.0 Å². The molecule has 2 heterocycles. The number of hydrogen-bond acceptors (Lipinski definition) is 3. The van der Waals surface area contributed by atoms with Crippen molar-refractivity contribution in [2.75, 3.05) is 0 Å². The third kappa shape index (κ3) is 3.29. The van der Waals surface area contributed by atoms with Gasteiger partial charge in [0.2, 0.25) is 6.23 Å². The molecule has 146 valence electrons. The fraction of sp³-hybridized carbons (Fsp3) is 0.208. The summed E-state index contributed by atoms with van der Waals surface area (Å²) in [6.45, 7) is 4.24. The van der Waals surface area contributed by atoms with E-state index >= 15 is 0 Å². The molecule has 0 spiro atoms. The van der Waals surface area contributed by atoms with Crippen LogP contribution in [0.2, 0.25) is 10.0 Å². The summed E-state index contributed by atoms with van der Waals surface area (Å²) >= 11 is 12.6. The maximum Gasteiger partial charge on any atom is 0.213 e. The predicted octanol–water partition coefficient (Wildman–Crippen LogP) is 6.85. The van der Waals surface area contributed by atoms with Crippen molar-refractivity contribution in [1.82, 2.24) is 5.01 Å². The third-order valence-electron chi connectivity index (χ3n) is 5.59. The molecule has 0 unspecified atom stereocenters. The smallest absolute Gasteiger partial charge is 0.213 e. The molecule has 0 bridgehead atoms. The number of halogens is 2. The van der Waals surface area contributed by atoms with Crippen LogP contribution in [0.4, 0.5) is 0 Å². The van der Waals surface area contributed by atoms with Crippen LogP contribution in [0.15, 0.2) is 65.8 Å². The van der Waals surface area contributed by atoms with E-state index in [9.17, 15) is 0 Å². The molecule has 2 atom stereocenters. The van der Waals surface area contributed by atoms with Crippen LogP contribution in [0, 0.1) is 13.8 Å². The van der Waals surface area contributed by atoms with Crippen LogP contribution >= 0.6 is 23.2 Å². The van der Waals surface area contributed by atoms with E-state index in [1.807, 2.05) is 42.5 Å². The van der Waals surface area contributed by atoms with Crippen molar-refractivity contribution in [3.63, 3.8) is 0 Å². The van der Waals surface area contributed by atoms with Gasteiger partial charge in [-0.05, 0) is 55.8 Å². The van der Waals surface area contributed by atoms with Crippen LogP contribution in [-0.4, -0.2) is 10.7 Å². The highest BCUT2D eigenvalue weighted by Crippen LogP contribution is 2.48. The van der Waals surface area contributed by atoms with E-state index in [2.05, 4.69) is 37.1 Å². The average molecular weight is 423 g/mol. The molecule has 0 fully saturated rings. The summed E-state index contributed by atoms with van der Waals surface area (Å²) < 4.78 is 6.38. The number of fused-ring (bicyclic) bond motifs is 3. The largest absolute Gasteiger partial charge is 0.464 e. The molecule has 0 N–H and O–H groups in total. The van der Waals surface area contributed by atoms with Crippen LogP contribution in [0.25, 0.3) is 0 Å². The van der Waals surface area contributed by atoms with Gasteiger partial charge in [-0.2, -0.15) is 5.10 Å². The third-order valence-corrected chi connectivity index (χ3v) is 6.06. The van der Waals surface area contributed by atoms with Gasteiger partial charge in [0.25, 0.3) is 0 Å². The number of rotatable bonds is 2. The Morgan fingerprint density at radius 2 is 1.79 bits per heavy atom. The molecule has 3 nitrogen and oxygen atoms in total. The first-order valence-corrected chi connectivity index (χ1v) is 10.4. The number of benzene rings is 3. The van der Waals surface area contributed by atoms with Crippen molar-refractivity contribution in [1.29, 1.82) is 0 Å². The quantitative estimate of drug-likeness (QED) is 0.450. The predicted molar refractivity (Wildman–Crippen MR) is 118 cm³/mol. The van der Waals surface area contributed by atoms with E-state index in [0.29, 0.717) is 10.0 Å². The minimum absolute atomic E-state index is 0.0661. The Labute approximate surface area is 180 Å². The first kappa shape index (κ1) is 18.5. The Morgan fingerprint density at radius 1 is 0.966 bits per heavy atom. The second kappa shape index (κ2) is 7.08. The molecule has 0 aliphatic carbocycles. The minimum atomic E-state index is -0.338. The SMILES string of the molecule is Cc1ccc(C)c(C2=NN3[C@H](C2)c2cc(Cl)ccc2O[C@@H]3c2cccc(Cl)c2)c1. The molecule has 3 aromatic rings. The molecule has 2 aliphatic rings. The Bertz CT molecular complexity index is 1140. The molecular formula is C24H20Cl2N2O. The van der Waals surface area contributed by atoms with Crippen LogP contribution in [-0.2, 0) is 0 Å². The molecule has 0 saturated heterocycles. The van der Waals surface area contributed by atoms with Crippen molar-refractivity contribution in [3.05, 3.63) is 98.5 Å². The number of aryl methyl sites for hydroxylation is 2. The van der Waals surface area contributed by atoms with Crippen molar-refractivity contribution < 1.29 is 4.74 Å². The zero-order valence-electron chi connectivity index (χ0n) is 16.2. The van der Waals surface area contributed by atoms with E-state index in [4.69, 9.17) is 33.0 Å². The lowest BCUT2D eigenvalue weighted by atomic mass is 9.93. The van der Waals surface area contributed by atoms with Gasteiger partial charge in [-0.15, -0.1) is 0 Å². The number of ether oxygens (including phenoxy) is 1. The van der Waals surface area contributed by atoms with E-state index < -0.39 is 0 Å². The highest BCUT2D eigenvalue weighted by atomic mass is 35.5. The monoisotopic (exact) mass is 422 g/mol. The second-order valence-corrected chi connectivity index (χ2v) is 8.55. The second-order valence-electron chi connectivity index (χ2n) is 7.67. The van der Waals surface area contributed by atoms with Gasteiger partial charge in [0.15, 0.2) is 0 Å². The summed E-state index contributed by atoms with van der Waals surface area (Å²) in [5.41, 5.74) is 6.76. The van der Waals surface area contributed by atoms with Crippen molar-refractivity contribution >= 4 is 28.9 Å². The molecule has 5 rings (SSSR count).